The van der Waals surface area contributed by atoms with E-state index < -0.39 is 0 Å². The normalized spacial score (nSPS) is 11.0. The molecular weight excluding hydrogens is 420 g/mol. The fourth-order valence-corrected chi connectivity index (χ4v) is 3.60. The van der Waals surface area contributed by atoms with Crippen molar-refractivity contribution >= 4 is 11.6 Å². The van der Waals surface area contributed by atoms with Crippen LogP contribution in [0.4, 0.5) is 0 Å². The molecule has 2 aromatic heterocycles. The van der Waals surface area contributed by atoms with Crippen molar-refractivity contribution < 1.29 is 9.47 Å². The molecular formula is C21H21ClN6O3. The predicted octanol–water partition coefficient (Wildman–Crippen LogP) is 2.92. The standard InChI is InChI=1S/C21H21ClN6O3/c1-13-11-26(2)23-20(13)14-8-9-19(16(22)10-14)31-12-15-17(6-5-7-18(15)30-4)28-21(29)27(3)24-25-28/h5-11H,12H2,1-4H3. The molecule has 0 saturated carbocycles. The Bertz CT molecular complexity index is 1310. The SMILES string of the molecule is COc1cccc(-n2nnn(C)c2=O)c1COc1ccc(-c2nn(C)cc2C)cc1Cl. The van der Waals surface area contributed by atoms with Crippen LogP contribution in [0.15, 0.2) is 47.4 Å². The van der Waals surface area contributed by atoms with Gasteiger partial charge in [-0.3, -0.25) is 4.68 Å². The molecule has 160 valence electrons. The molecule has 10 heteroatoms. The molecule has 0 fully saturated rings. The molecule has 0 bridgehead atoms. The van der Waals surface area contributed by atoms with Gasteiger partial charge >= 0.3 is 5.69 Å². The number of ether oxygens (including phenoxy) is 2. The van der Waals surface area contributed by atoms with Crippen LogP contribution in [0.2, 0.25) is 5.02 Å². The molecule has 0 aliphatic rings. The topological polar surface area (TPSA) is 89.0 Å². The molecule has 0 spiro atoms. The lowest BCUT2D eigenvalue weighted by Crippen LogP contribution is -2.23. The number of hydrogen-bond donors (Lipinski definition) is 0. The Morgan fingerprint density at radius 1 is 1.10 bits per heavy atom. The summed E-state index contributed by atoms with van der Waals surface area (Å²) >= 11 is 6.49. The molecule has 0 atom stereocenters. The van der Waals surface area contributed by atoms with Gasteiger partial charge in [0, 0.05) is 25.9 Å². The predicted molar refractivity (Wildman–Crippen MR) is 116 cm³/mol. The van der Waals surface area contributed by atoms with E-state index in [1.807, 2.05) is 32.3 Å². The Morgan fingerprint density at radius 2 is 1.90 bits per heavy atom. The molecule has 0 amide bonds. The van der Waals surface area contributed by atoms with Crippen molar-refractivity contribution in [3.05, 3.63) is 69.2 Å². The van der Waals surface area contributed by atoms with Crippen molar-refractivity contribution in [1.29, 1.82) is 0 Å². The van der Waals surface area contributed by atoms with Crippen LogP contribution in [-0.2, 0) is 20.7 Å². The summed E-state index contributed by atoms with van der Waals surface area (Å²) in [6.45, 7) is 2.11. The van der Waals surface area contributed by atoms with Crippen molar-refractivity contribution in [2.45, 2.75) is 13.5 Å². The number of methoxy groups -OCH3 is 1. The number of halogens is 1. The average Bonchev–Trinajstić information content (AvgIpc) is 3.27. The van der Waals surface area contributed by atoms with Crippen LogP contribution in [0.5, 0.6) is 11.5 Å². The van der Waals surface area contributed by atoms with Crippen molar-refractivity contribution in [3.63, 3.8) is 0 Å². The first-order valence-corrected chi connectivity index (χ1v) is 9.85. The zero-order chi connectivity index (χ0) is 22.1. The first-order chi connectivity index (χ1) is 14.9. The van der Waals surface area contributed by atoms with Crippen LogP contribution < -0.4 is 15.2 Å². The molecule has 0 saturated heterocycles. The number of nitrogens with zero attached hydrogens (tertiary/aromatic N) is 6. The smallest absolute Gasteiger partial charge is 0.368 e. The van der Waals surface area contributed by atoms with Crippen LogP contribution in [0, 0.1) is 6.92 Å². The Labute approximate surface area is 183 Å². The largest absolute Gasteiger partial charge is 0.496 e. The van der Waals surface area contributed by atoms with E-state index in [0.29, 0.717) is 27.8 Å². The number of aryl methyl sites for hydroxylation is 3. The summed E-state index contributed by atoms with van der Waals surface area (Å²) in [5.41, 5.74) is 3.62. The first kappa shape index (κ1) is 20.7. The van der Waals surface area contributed by atoms with Gasteiger partial charge in [-0.25, -0.2) is 4.79 Å². The van der Waals surface area contributed by atoms with Gasteiger partial charge in [0.25, 0.3) is 0 Å². The van der Waals surface area contributed by atoms with E-state index in [-0.39, 0.29) is 12.3 Å². The molecule has 0 N–H and O–H groups in total. The van der Waals surface area contributed by atoms with Gasteiger partial charge < -0.3 is 9.47 Å². The second-order valence-electron chi connectivity index (χ2n) is 7.02. The monoisotopic (exact) mass is 440 g/mol. The van der Waals surface area contributed by atoms with Crippen molar-refractivity contribution in [3.8, 4) is 28.4 Å². The minimum Gasteiger partial charge on any atom is -0.496 e. The summed E-state index contributed by atoms with van der Waals surface area (Å²) in [5, 5.41) is 12.6. The molecule has 0 unspecified atom stereocenters. The van der Waals surface area contributed by atoms with E-state index in [1.54, 1.807) is 36.1 Å². The van der Waals surface area contributed by atoms with E-state index in [0.717, 1.165) is 21.5 Å². The highest BCUT2D eigenvalue weighted by Crippen LogP contribution is 2.33. The summed E-state index contributed by atoms with van der Waals surface area (Å²) < 4.78 is 15.6. The Balaban J connectivity index is 1.64. The van der Waals surface area contributed by atoms with Gasteiger partial charge in [0.2, 0.25) is 0 Å². The van der Waals surface area contributed by atoms with Gasteiger partial charge in [-0.1, -0.05) is 17.7 Å². The third kappa shape index (κ3) is 3.91. The Kier molecular flexibility index (Phi) is 5.51. The number of tetrazole rings is 1. The van der Waals surface area contributed by atoms with E-state index in [4.69, 9.17) is 21.1 Å². The van der Waals surface area contributed by atoms with Crippen molar-refractivity contribution in [1.82, 2.24) is 29.6 Å². The van der Waals surface area contributed by atoms with Gasteiger partial charge in [-0.05, 0) is 53.2 Å². The van der Waals surface area contributed by atoms with Crippen molar-refractivity contribution in [2.75, 3.05) is 7.11 Å². The summed E-state index contributed by atoms with van der Waals surface area (Å²) in [7, 11) is 4.97. The molecule has 31 heavy (non-hydrogen) atoms. The molecule has 4 aromatic rings. The van der Waals surface area contributed by atoms with E-state index >= 15 is 0 Å². The fourth-order valence-electron chi connectivity index (χ4n) is 3.36. The molecule has 0 aliphatic heterocycles. The maximum Gasteiger partial charge on any atom is 0.368 e. The van der Waals surface area contributed by atoms with Gasteiger partial charge in [0.05, 0.1) is 29.1 Å². The van der Waals surface area contributed by atoms with Crippen molar-refractivity contribution in [2.24, 2.45) is 14.1 Å². The molecule has 0 aliphatic carbocycles. The van der Waals surface area contributed by atoms with Crippen LogP contribution in [0.3, 0.4) is 0 Å². The van der Waals surface area contributed by atoms with Gasteiger partial charge in [0.1, 0.15) is 18.1 Å². The van der Waals surface area contributed by atoms with E-state index in [2.05, 4.69) is 15.5 Å². The maximum absolute atomic E-state index is 12.3. The van der Waals surface area contributed by atoms with E-state index in [9.17, 15) is 4.79 Å². The quantitative estimate of drug-likeness (QED) is 0.458. The number of benzene rings is 2. The molecule has 4 rings (SSSR count). The highest BCUT2D eigenvalue weighted by atomic mass is 35.5. The lowest BCUT2D eigenvalue weighted by atomic mass is 10.1. The summed E-state index contributed by atoms with van der Waals surface area (Å²) in [4.78, 5) is 12.3. The summed E-state index contributed by atoms with van der Waals surface area (Å²) in [5.74, 6) is 1.06. The van der Waals surface area contributed by atoms with Gasteiger partial charge in [0.15, 0.2) is 0 Å². The summed E-state index contributed by atoms with van der Waals surface area (Å²) in [6.07, 6.45) is 1.95. The second kappa shape index (κ2) is 8.27. The third-order valence-electron chi connectivity index (χ3n) is 4.87. The van der Waals surface area contributed by atoms with Crippen LogP contribution in [0.1, 0.15) is 11.1 Å². The van der Waals surface area contributed by atoms with Crippen LogP contribution in [-0.4, -0.2) is 36.7 Å². The Hall–Kier alpha value is -3.59. The number of rotatable bonds is 6. The zero-order valence-corrected chi connectivity index (χ0v) is 18.3. The minimum absolute atomic E-state index is 0.115. The fraction of sp³-hybridized carbons (Fsp3) is 0.238. The van der Waals surface area contributed by atoms with E-state index in [1.165, 1.54) is 11.7 Å². The lowest BCUT2D eigenvalue weighted by molar-refractivity contribution is 0.296. The Morgan fingerprint density at radius 3 is 2.52 bits per heavy atom. The molecule has 2 aromatic carbocycles. The highest BCUT2D eigenvalue weighted by molar-refractivity contribution is 6.32. The lowest BCUT2D eigenvalue weighted by Gasteiger charge is -2.15. The maximum atomic E-state index is 12.3. The molecule has 9 nitrogen and oxygen atoms in total. The average molecular weight is 441 g/mol. The van der Waals surface area contributed by atoms with Gasteiger partial charge in [-0.15, -0.1) is 0 Å². The molecule has 2 heterocycles. The number of hydrogen-bond acceptors (Lipinski definition) is 6. The second-order valence-corrected chi connectivity index (χ2v) is 7.43. The molecule has 0 radical (unpaired) electrons. The third-order valence-corrected chi connectivity index (χ3v) is 5.16. The summed E-state index contributed by atoms with van der Waals surface area (Å²) in [6, 6.07) is 10.9. The van der Waals surface area contributed by atoms with Gasteiger partial charge in [-0.2, -0.15) is 14.5 Å². The van der Waals surface area contributed by atoms with Crippen LogP contribution >= 0.6 is 11.6 Å². The van der Waals surface area contributed by atoms with Crippen LogP contribution in [0.25, 0.3) is 16.9 Å². The first-order valence-electron chi connectivity index (χ1n) is 9.47. The minimum atomic E-state index is -0.373. The highest BCUT2D eigenvalue weighted by Gasteiger charge is 2.17. The zero-order valence-electron chi connectivity index (χ0n) is 17.5. The number of aromatic nitrogens is 6.